The van der Waals surface area contributed by atoms with Gasteiger partial charge in [0.1, 0.15) is 11.6 Å². The molecule has 6 nitrogen and oxygen atoms in total. The van der Waals surface area contributed by atoms with Crippen LogP contribution in [0.25, 0.3) is 44.8 Å². The molecule has 7 rings (SSSR count). The highest BCUT2D eigenvalue weighted by Gasteiger charge is 2.54. The zero-order valence-electron chi connectivity index (χ0n) is 24.9. The zero-order valence-corrected chi connectivity index (χ0v) is 26.4. The summed E-state index contributed by atoms with van der Waals surface area (Å²) in [5, 5.41) is 0.867. The number of carbonyl (C=O) groups excluding carboxylic acids is 1. The van der Waals surface area contributed by atoms with Gasteiger partial charge in [-0.05, 0) is 61.4 Å². The Morgan fingerprint density at radius 2 is 1.11 bits per heavy atom. The molecule has 0 N–H and O–H groups in total. The van der Waals surface area contributed by atoms with Crippen LogP contribution in [0.4, 0.5) is 17.6 Å². The average molecular weight is 682 g/mol. The van der Waals surface area contributed by atoms with Gasteiger partial charge in [0, 0.05) is 51.4 Å². The number of carbonyl (C=O) groups is 1. The summed E-state index contributed by atoms with van der Waals surface area (Å²) in [6.45, 7) is 0. The minimum atomic E-state index is -1.96. The van der Waals surface area contributed by atoms with E-state index in [1.165, 1.54) is 16.2 Å². The van der Waals surface area contributed by atoms with Gasteiger partial charge in [-0.15, -0.1) is 0 Å². The third-order valence-electron chi connectivity index (χ3n) is 8.94. The van der Waals surface area contributed by atoms with Crippen LogP contribution in [0, 0.1) is 29.2 Å². The Bertz CT molecular complexity index is 2020. The van der Waals surface area contributed by atoms with Crippen LogP contribution < -0.4 is 0 Å². The van der Waals surface area contributed by atoms with Crippen molar-refractivity contribution >= 4 is 51.2 Å². The maximum Gasteiger partial charge on any atom is 0.354 e. The van der Waals surface area contributed by atoms with Crippen molar-refractivity contribution in [3.05, 3.63) is 106 Å². The lowest BCUT2D eigenvalue weighted by Gasteiger charge is -2.44. The molecule has 47 heavy (non-hydrogen) atoms. The summed E-state index contributed by atoms with van der Waals surface area (Å²) in [7, 11) is 1.22. The molecule has 12 heteroatoms. The monoisotopic (exact) mass is 680 g/mol. The Morgan fingerprint density at radius 1 is 0.702 bits per heavy atom. The van der Waals surface area contributed by atoms with Crippen LogP contribution in [-0.2, 0) is 15.2 Å². The molecule has 0 aliphatic heterocycles. The van der Waals surface area contributed by atoms with E-state index < -0.39 is 40.8 Å². The van der Waals surface area contributed by atoms with Crippen molar-refractivity contribution in [1.29, 1.82) is 0 Å². The lowest BCUT2D eigenvalue weighted by atomic mass is 9.78. The van der Waals surface area contributed by atoms with E-state index in [4.69, 9.17) is 37.9 Å². The maximum atomic E-state index is 15.2. The first-order chi connectivity index (χ1) is 22.6. The fourth-order valence-corrected chi connectivity index (χ4v) is 7.14. The molecule has 2 heterocycles. The predicted molar refractivity (Wildman–Crippen MR) is 172 cm³/mol. The first-order valence-corrected chi connectivity index (χ1v) is 15.7. The van der Waals surface area contributed by atoms with Crippen molar-refractivity contribution in [2.24, 2.45) is 5.92 Å². The second-order valence-corrected chi connectivity index (χ2v) is 12.5. The minimum Gasteiger partial charge on any atom is -0.466 e. The SMILES string of the molecule is COC(=O)C(C1CCCCC1)(n1c(-c2ccc(Cl)cc2)nc2cc(F)c(F)cc21)n1c(-c2ccc(Cl)cc2)nc2cc(F)c(F)cc21. The molecule has 4 aromatic carbocycles. The summed E-state index contributed by atoms with van der Waals surface area (Å²) in [5.41, 5.74) is -0.722. The van der Waals surface area contributed by atoms with Crippen LogP contribution in [0.5, 0.6) is 0 Å². The number of fused-ring (bicyclic) bond motifs is 2. The Balaban J connectivity index is 1.73. The largest absolute Gasteiger partial charge is 0.466 e. The van der Waals surface area contributed by atoms with Crippen molar-refractivity contribution in [3.8, 4) is 22.8 Å². The zero-order chi connectivity index (χ0) is 33.0. The first-order valence-electron chi connectivity index (χ1n) is 15.0. The molecule has 1 saturated carbocycles. The summed E-state index contributed by atoms with van der Waals surface area (Å²) < 4.78 is 68.7. The van der Waals surface area contributed by atoms with Gasteiger partial charge in [0.2, 0.25) is 5.66 Å². The lowest BCUT2D eigenvalue weighted by Crippen LogP contribution is -2.55. The summed E-state index contributed by atoms with van der Waals surface area (Å²) >= 11 is 12.5. The fourth-order valence-electron chi connectivity index (χ4n) is 6.89. The molecular weight excluding hydrogens is 655 g/mol. The Morgan fingerprint density at radius 3 is 1.51 bits per heavy atom. The normalized spacial score (nSPS) is 14.3. The van der Waals surface area contributed by atoms with E-state index in [1.54, 1.807) is 48.5 Å². The molecule has 0 unspecified atom stereocenters. The van der Waals surface area contributed by atoms with Gasteiger partial charge in [-0.2, -0.15) is 0 Å². The van der Waals surface area contributed by atoms with E-state index in [0.717, 1.165) is 43.5 Å². The number of aromatic nitrogens is 4. The molecular formula is C35H26Cl2F4N4O2. The van der Waals surface area contributed by atoms with Crippen LogP contribution >= 0.6 is 23.2 Å². The van der Waals surface area contributed by atoms with E-state index in [1.807, 2.05) is 0 Å². The number of hydrogen-bond acceptors (Lipinski definition) is 4. The van der Waals surface area contributed by atoms with Crippen LogP contribution in [0.15, 0.2) is 72.8 Å². The van der Waals surface area contributed by atoms with E-state index in [2.05, 4.69) is 0 Å². The molecule has 240 valence electrons. The molecule has 6 aromatic rings. The molecule has 1 fully saturated rings. The fraction of sp³-hybridized carbons (Fsp3) is 0.229. The number of esters is 1. The number of halogens is 6. The second-order valence-electron chi connectivity index (χ2n) is 11.6. The summed E-state index contributed by atoms with van der Waals surface area (Å²) in [5.74, 6) is -5.58. The van der Waals surface area contributed by atoms with E-state index >= 15 is 8.78 Å². The van der Waals surface area contributed by atoms with Crippen LogP contribution in [-0.4, -0.2) is 32.2 Å². The minimum absolute atomic E-state index is 0.0626. The van der Waals surface area contributed by atoms with Gasteiger partial charge in [-0.3, -0.25) is 9.13 Å². The third-order valence-corrected chi connectivity index (χ3v) is 9.44. The highest BCUT2D eigenvalue weighted by atomic mass is 35.5. The van der Waals surface area contributed by atoms with Gasteiger partial charge in [-0.25, -0.2) is 32.3 Å². The summed E-state index contributed by atoms with van der Waals surface area (Å²) in [6, 6.07) is 17.1. The van der Waals surface area contributed by atoms with Crippen molar-refractivity contribution in [3.63, 3.8) is 0 Å². The Labute approximate surface area is 276 Å². The molecule has 0 bridgehead atoms. The maximum absolute atomic E-state index is 15.2. The Kier molecular flexibility index (Phi) is 7.96. The summed E-state index contributed by atoms with van der Waals surface area (Å²) in [4.78, 5) is 24.4. The predicted octanol–water partition coefficient (Wildman–Crippen LogP) is 9.54. The van der Waals surface area contributed by atoms with Crippen molar-refractivity contribution in [2.45, 2.75) is 37.8 Å². The number of ether oxygens (including phenoxy) is 1. The third kappa shape index (κ3) is 5.05. The number of methoxy groups -OCH3 is 1. The van der Waals surface area contributed by atoms with E-state index in [-0.39, 0.29) is 33.7 Å². The molecule has 1 aliphatic carbocycles. The van der Waals surface area contributed by atoms with Gasteiger partial charge in [-0.1, -0.05) is 42.5 Å². The smallest absolute Gasteiger partial charge is 0.354 e. The number of hydrogen-bond donors (Lipinski definition) is 0. The van der Waals surface area contributed by atoms with Gasteiger partial charge in [0.25, 0.3) is 0 Å². The molecule has 0 atom stereocenters. The molecule has 2 aromatic heterocycles. The lowest BCUT2D eigenvalue weighted by molar-refractivity contribution is -0.157. The summed E-state index contributed by atoms with van der Waals surface area (Å²) in [6.07, 6.45) is 3.38. The van der Waals surface area contributed by atoms with Crippen LogP contribution in [0.2, 0.25) is 10.0 Å². The quantitative estimate of drug-likeness (QED) is 0.130. The molecule has 0 amide bonds. The van der Waals surface area contributed by atoms with Crippen LogP contribution in [0.1, 0.15) is 32.1 Å². The number of rotatable bonds is 6. The molecule has 0 spiro atoms. The number of benzene rings is 4. The Hall–Kier alpha value is -4.41. The first kappa shape index (κ1) is 31.2. The topological polar surface area (TPSA) is 61.9 Å². The average Bonchev–Trinajstić information content (AvgIpc) is 3.62. The van der Waals surface area contributed by atoms with E-state index in [0.29, 0.717) is 34.0 Å². The van der Waals surface area contributed by atoms with Crippen molar-refractivity contribution in [1.82, 2.24) is 19.1 Å². The van der Waals surface area contributed by atoms with Gasteiger partial charge >= 0.3 is 5.97 Å². The molecule has 0 radical (unpaired) electrons. The second kappa shape index (κ2) is 12.0. The van der Waals surface area contributed by atoms with Crippen molar-refractivity contribution < 1.29 is 27.1 Å². The van der Waals surface area contributed by atoms with Gasteiger partial charge < -0.3 is 4.74 Å². The van der Waals surface area contributed by atoms with Crippen molar-refractivity contribution in [2.75, 3.05) is 7.11 Å². The highest BCUT2D eigenvalue weighted by Crippen LogP contribution is 2.48. The van der Waals surface area contributed by atoms with Gasteiger partial charge in [0.15, 0.2) is 23.3 Å². The standard InChI is InChI=1S/C35H26Cl2F4N4O2/c1-47-34(46)35(21-5-3-2-4-6-21,44-30-17-26(40)24(38)15-28(30)42-32(44)19-7-11-22(36)12-8-19)45-31-18-27(41)25(39)16-29(31)43-33(45)20-9-13-23(37)14-10-20/h7-18,21H,2-6H2,1H3. The van der Waals surface area contributed by atoms with E-state index in [9.17, 15) is 13.6 Å². The number of imidazole rings is 2. The highest BCUT2D eigenvalue weighted by molar-refractivity contribution is 6.31. The number of nitrogens with zero attached hydrogens (tertiary/aromatic N) is 4. The van der Waals surface area contributed by atoms with Gasteiger partial charge in [0.05, 0.1) is 29.2 Å². The molecule has 1 aliphatic rings. The molecule has 0 saturated heterocycles. The van der Waals surface area contributed by atoms with Crippen LogP contribution in [0.3, 0.4) is 0 Å².